The molecular formula is C21H27NO5. The summed E-state index contributed by atoms with van der Waals surface area (Å²) in [5.41, 5.74) is -1.06. The summed E-state index contributed by atoms with van der Waals surface area (Å²) in [6.45, 7) is 2.46. The molecule has 3 aliphatic carbocycles. The molecule has 5 aliphatic rings. The number of nitrogens with zero attached hydrogens (tertiary/aromatic N) is 1. The van der Waals surface area contributed by atoms with E-state index in [1.165, 1.54) is 0 Å². The summed E-state index contributed by atoms with van der Waals surface area (Å²) in [5.74, 6) is 1.00. The summed E-state index contributed by atoms with van der Waals surface area (Å²) in [6, 6.07) is -0.0114. The van der Waals surface area contributed by atoms with Crippen LogP contribution in [0.4, 0.5) is 0 Å². The number of ketones is 1. The molecule has 0 aromatic rings. The molecule has 2 aliphatic heterocycles. The van der Waals surface area contributed by atoms with E-state index in [4.69, 9.17) is 14.2 Å². The van der Waals surface area contributed by atoms with Crippen LogP contribution in [-0.4, -0.2) is 61.4 Å². The Hall–Kier alpha value is -1.50. The number of hydrogen-bond donors (Lipinski definition) is 0. The summed E-state index contributed by atoms with van der Waals surface area (Å²) in [5, 5.41) is 0. The summed E-state index contributed by atoms with van der Waals surface area (Å²) in [7, 11) is 3.44. The second-order valence-corrected chi connectivity index (χ2v) is 8.73. The number of carbonyl (C=O) groups is 2. The maximum absolute atomic E-state index is 12.7. The average Bonchev–Trinajstić information content (AvgIpc) is 2.83. The minimum Gasteiger partial charge on any atom is -0.381 e. The van der Waals surface area contributed by atoms with E-state index < -0.39 is 11.9 Å². The van der Waals surface area contributed by atoms with Crippen LogP contribution in [-0.2, 0) is 23.8 Å². The number of carbonyl (C=O) groups excluding carboxylic acids is 2. The van der Waals surface area contributed by atoms with Gasteiger partial charge in [-0.25, -0.2) is 0 Å². The predicted molar refractivity (Wildman–Crippen MR) is 96.6 cm³/mol. The van der Waals surface area contributed by atoms with Crippen LogP contribution in [0.25, 0.3) is 0 Å². The molecule has 146 valence electrons. The molecule has 5 bridgehead atoms. The lowest BCUT2D eigenvalue weighted by Crippen LogP contribution is -2.74. The van der Waals surface area contributed by atoms with E-state index in [2.05, 4.69) is 4.90 Å². The highest BCUT2D eigenvalue weighted by atomic mass is 16.7. The zero-order chi connectivity index (χ0) is 19.0. The lowest BCUT2D eigenvalue weighted by atomic mass is 9.55. The number of amides is 1. The van der Waals surface area contributed by atoms with Crippen LogP contribution >= 0.6 is 0 Å². The quantitative estimate of drug-likeness (QED) is 0.737. The fourth-order valence-corrected chi connectivity index (χ4v) is 7.12. The number of methoxy groups -OCH3 is 2. The normalized spacial score (nSPS) is 46.2. The largest absolute Gasteiger partial charge is 0.381 e. The Balaban J connectivity index is 1.71. The number of piperidine rings is 1. The molecule has 0 aromatic heterocycles. The Morgan fingerprint density at radius 2 is 1.93 bits per heavy atom. The van der Waals surface area contributed by atoms with Gasteiger partial charge in [0.1, 0.15) is 5.60 Å². The molecule has 27 heavy (non-hydrogen) atoms. The van der Waals surface area contributed by atoms with Gasteiger partial charge in [0.2, 0.25) is 5.91 Å². The van der Waals surface area contributed by atoms with E-state index >= 15 is 0 Å². The number of hydrogen-bond acceptors (Lipinski definition) is 5. The predicted octanol–water partition coefficient (Wildman–Crippen LogP) is 1.70. The third kappa shape index (κ3) is 2.01. The lowest BCUT2D eigenvalue weighted by Gasteiger charge is -2.64. The van der Waals surface area contributed by atoms with Gasteiger partial charge in [-0.2, -0.15) is 0 Å². The molecule has 7 atom stereocenters. The number of allylic oxidation sites excluding steroid dienone is 2. The molecule has 2 spiro atoms. The fourth-order valence-electron chi connectivity index (χ4n) is 7.12. The van der Waals surface area contributed by atoms with Crippen LogP contribution in [0, 0.1) is 23.2 Å². The third-order valence-corrected chi connectivity index (χ3v) is 7.96. The Labute approximate surface area is 159 Å². The first-order chi connectivity index (χ1) is 13.0. The summed E-state index contributed by atoms with van der Waals surface area (Å²) < 4.78 is 18.6. The number of fused-ring (bicyclic) bond motifs is 1. The number of rotatable bonds is 2. The average molecular weight is 373 g/mol. The molecule has 2 heterocycles. The van der Waals surface area contributed by atoms with Gasteiger partial charge in [-0.1, -0.05) is 0 Å². The molecular weight excluding hydrogens is 346 g/mol. The molecule has 0 N–H and O–H groups in total. The van der Waals surface area contributed by atoms with Crippen molar-refractivity contribution in [2.45, 2.75) is 50.2 Å². The van der Waals surface area contributed by atoms with Crippen LogP contribution in [0.15, 0.2) is 24.3 Å². The maximum Gasteiger partial charge on any atom is 0.219 e. The van der Waals surface area contributed by atoms with Gasteiger partial charge in [-0.3, -0.25) is 9.59 Å². The van der Waals surface area contributed by atoms with Gasteiger partial charge in [0, 0.05) is 33.6 Å². The van der Waals surface area contributed by atoms with Crippen LogP contribution in [0.3, 0.4) is 0 Å². The highest BCUT2D eigenvalue weighted by Crippen LogP contribution is 2.69. The van der Waals surface area contributed by atoms with E-state index in [0.717, 1.165) is 25.8 Å². The molecule has 4 unspecified atom stereocenters. The first-order valence-corrected chi connectivity index (χ1v) is 9.91. The van der Waals surface area contributed by atoms with Crippen molar-refractivity contribution in [2.75, 3.05) is 20.8 Å². The Morgan fingerprint density at radius 1 is 1.19 bits per heavy atom. The highest BCUT2D eigenvalue weighted by Gasteiger charge is 2.77. The van der Waals surface area contributed by atoms with Crippen molar-refractivity contribution in [3.63, 3.8) is 0 Å². The summed E-state index contributed by atoms with van der Waals surface area (Å²) in [6.07, 6.45) is 9.43. The smallest absolute Gasteiger partial charge is 0.219 e. The van der Waals surface area contributed by atoms with Gasteiger partial charge in [0.25, 0.3) is 0 Å². The Kier molecular flexibility index (Phi) is 3.75. The minimum absolute atomic E-state index is 0.00335. The second-order valence-electron chi connectivity index (χ2n) is 8.73. The van der Waals surface area contributed by atoms with E-state index in [-0.39, 0.29) is 35.2 Å². The zero-order valence-electron chi connectivity index (χ0n) is 16.1. The van der Waals surface area contributed by atoms with Gasteiger partial charge in [0.15, 0.2) is 12.1 Å². The van der Waals surface area contributed by atoms with Crippen molar-refractivity contribution in [1.29, 1.82) is 0 Å². The lowest BCUT2D eigenvalue weighted by molar-refractivity contribution is -0.327. The standard InChI is InChI=1S/C21H27NO5/c1-12(23)22-11-13-4-5-17(25-2)21-15(13)10-16(18(21)22)20(27-19(21)26-3)8-6-14(24)7-9-20/h6-9,13,15-19H,4-5,10-11H2,1-3H3/t13?,15-,16+,17?,18?,19+,21?/m1/s1. The molecule has 4 fully saturated rings. The van der Waals surface area contributed by atoms with Crippen LogP contribution in [0.1, 0.15) is 26.2 Å². The van der Waals surface area contributed by atoms with E-state index in [0.29, 0.717) is 11.8 Å². The molecule has 2 saturated heterocycles. The van der Waals surface area contributed by atoms with Crippen molar-refractivity contribution in [3.8, 4) is 0 Å². The Morgan fingerprint density at radius 3 is 2.56 bits per heavy atom. The van der Waals surface area contributed by atoms with Gasteiger partial charge in [0.05, 0.1) is 17.6 Å². The fraction of sp³-hybridized carbons (Fsp3) is 0.714. The van der Waals surface area contributed by atoms with Crippen molar-refractivity contribution in [1.82, 2.24) is 4.90 Å². The summed E-state index contributed by atoms with van der Waals surface area (Å²) in [4.78, 5) is 26.5. The first kappa shape index (κ1) is 17.6. The van der Waals surface area contributed by atoms with E-state index in [1.54, 1.807) is 33.3 Å². The molecule has 1 amide bonds. The zero-order valence-corrected chi connectivity index (χ0v) is 16.1. The summed E-state index contributed by atoms with van der Waals surface area (Å²) >= 11 is 0. The van der Waals surface area contributed by atoms with Crippen molar-refractivity contribution >= 4 is 11.7 Å². The SMILES string of the molecule is COC1CCC2CN(C(C)=O)C3[C@@H]4C[C@H]2C13[C@@H](OC)OC41C=CC(=O)C=C1. The maximum atomic E-state index is 12.7. The number of ether oxygens (including phenoxy) is 3. The number of likely N-dealkylation sites (tertiary alicyclic amines) is 1. The molecule has 2 saturated carbocycles. The topological polar surface area (TPSA) is 65.1 Å². The highest BCUT2D eigenvalue weighted by molar-refractivity contribution is 6.00. The van der Waals surface area contributed by atoms with Crippen LogP contribution in [0.5, 0.6) is 0 Å². The van der Waals surface area contributed by atoms with E-state index in [9.17, 15) is 9.59 Å². The third-order valence-electron chi connectivity index (χ3n) is 7.96. The van der Waals surface area contributed by atoms with Crippen LogP contribution < -0.4 is 0 Å². The minimum atomic E-state index is -0.706. The van der Waals surface area contributed by atoms with Gasteiger partial charge in [-0.05, 0) is 55.4 Å². The van der Waals surface area contributed by atoms with Gasteiger partial charge in [-0.15, -0.1) is 0 Å². The monoisotopic (exact) mass is 373 g/mol. The molecule has 6 nitrogen and oxygen atoms in total. The molecule has 0 radical (unpaired) electrons. The first-order valence-electron chi connectivity index (χ1n) is 9.91. The van der Waals surface area contributed by atoms with Gasteiger partial charge >= 0.3 is 0 Å². The van der Waals surface area contributed by atoms with Crippen molar-refractivity contribution < 1.29 is 23.8 Å². The molecule has 0 aromatic carbocycles. The van der Waals surface area contributed by atoms with Crippen LogP contribution in [0.2, 0.25) is 0 Å². The van der Waals surface area contributed by atoms with Gasteiger partial charge < -0.3 is 19.1 Å². The van der Waals surface area contributed by atoms with Crippen molar-refractivity contribution in [3.05, 3.63) is 24.3 Å². The molecule has 5 rings (SSSR count). The Bertz CT molecular complexity index is 729. The van der Waals surface area contributed by atoms with E-state index in [1.807, 2.05) is 12.2 Å². The molecule has 6 heteroatoms. The van der Waals surface area contributed by atoms with Crippen molar-refractivity contribution in [2.24, 2.45) is 23.2 Å². The second kappa shape index (κ2) is 5.75.